The van der Waals surface area contributed by atoms with Gasteiger partial charge in [0.25, 0.3) is 3.79 Å². The number of nitrogens with zero attached hydrogens (tertiary/aromatic N) is 1. The van der Waals surface area contributed by atoms with Gasteiger partial charge in [-0.05, 0) is 18.2 Å². The van der Waals surface area contributed by atoms with E-state index in [1.165, 1.54) is 29.2 Å². The van der Waals surface area contributed by atoms with E-state index in [4.69, 9.17) is 39.2 Å². The van der Waals surface area contributed by atoms with Gasteiger partial charge in [0.15, 0.2) is 5.76 Å². The Morgan fingerprint density at radius 2 is 2.00 bits per heavy atom. The summed E-state index contributed by atoms with van der Waals surface area (Å²) in [6.07, 6.45) is 2.87. The number of hydrogen-bond donors (Lipinski definition) is 0. The Morgan fingerprint density at radius 1 is 1.32 bits per heavy atom. The third-order valence-corrected chi connectivity index (χ3v) is 3.02. The second kappa shape index (κ2) is 5.04. The maximum absolute atomic E-state index is 12.0. The number of alkyl halides is 3. The van der Waals surface area contributed by atoms with Crippen LogP contribution in [0, 0.1) is 0 Å². The smallest absolute Gasteiger partial charge is 0.255 e. The molecule has 2 heterocycles. The minimum absolute atomic E-state index is 0.134. The number of carbonyl (C=O) groups is 2. The third-order valence-electron chi connectivity index (χ3n) is 2.50. The van der Waals surface area contributed by atoms with Gasteiger partial charge in [0.05, 0.1) is 12.0 Å². The number of ketones is 2. The molecule has 2 rings (SSSR count). The molecule has 0 saturated heterocycles. The molecule has 2 aromatic rings. The molecule has 0 bridgehead atoms. The van der Waals surface area contributed by atoms with Crippen LogP contribution in [0.5, 0.6) is 0 Å². The molecule has 0 aliphatic rings. The van der Waals surface area contributed by atoms with Crippen LogP contribution >= 0.6 is 34.8 Å². The Bertz CT molecular complexity index is 623. The van der Waals surface area contributed by atoms with Crippen molar-refractivity contribution >= 4 is 46.4 Å². The van der Waals surface area contributed by atoms with Crippen molar-refractivity contribution < 1.29 is 14.0 Å². The fourth-order valence-electron chi connectivity index (χ4n) is 1.61. The van der Waals surface area contributed by atoms with Crippen molar-refractivity contribution in [2.24, 2.45) is 7.05 Å². The van der Waals surface area contributed by atoms with E-state index in [2.05, 4.69) is 0 Å². The fraction of sp³-hybridized carbons (Fsp3) is 0.167. The van der Waals surface area contributed by atoms with Crippen LogP contribution in [-0.2, 0) is 7.05 Å². The van der Waals surface area contributed by atoms with Crippen LogP contribution in [0.3, 0.4) is 0 Å². The predicted octanol–water partition coefficient (Wildman–Crippen LogP) is 3.40. The van der Waals surface area contributed by atoms with Crippen LogP contribution in [0.1, 0.15) is 26.6 Å². The lowest BCUT2D eigenvalue weighted by Gasteiger charge is -2.09. The number of rotatable bonds is 3. The molecule has 0 radical (unpaired) electrons. The molecule has 0 N–H and O–H groups in total. The van der Waals surface area contributed by atoms with Crippen LogP contribution in [0.25, 0.3) is 0 Å². The Labute approximate surface area is 123 Å². The van der Waals surface area contributed by atoms with E-state index in [9.17, 15) is 9.59 Å². The molecule has 0 aromatic carbocycles. The summed E-state index contributed by atoms with van der Waals surface area (Å²) < 4.78 is 4.38. The van der Waals surface area contributed by atoms with Crippen molar-refractivity contribution in [3.8, 4) is 0 Å². The van der Waals surface area contributed by atoms with Crippen molar-refractivity contribution in [2.75, 3.05) is 0 Å². The van der Waals surface area contributed by atoms with Crippen molar-refractivity contribution in [1.29, 1.82) is 0 Å². The first-order chi connectivity index (χ1) is 8.80. The molecule has 0 aliphatic heterocycles. The first-order valence-corrected chi connectivity index (χ1v) is 6.30. The number of carbonyl (C=O) groups excluding carboxylic acids is 2. The predicted molar refractivity (Wildman–Crippen MR) is 72.2 cm³/mol. The highest BCUT2D eigenvalue weighted by atomic mass is 35.6. The maximum Gasteiger partial charge on any atom is 0.255 e. The summed E-state index contributed by atoms with van der Waals surface area (Å²) in [6.45, 7) is 0. The Hall–Kier alpha value is -1.23. The maximum atomic E-state index is 12.0. The van der Waals surface area contributed by atoms with Crippen LogP contribution in [0.15, 0.2) is 35.1 Å². The van der Waals surface area contributed by atoms with Gasteiger partial charge in [-0.25, -0.2) is 0 Å². The van der Waals surface area contributed by atoms with E-state index in [0.717, 1.165) is 0 Å². The summed E-state index contributed by atoms with van der Waals surface area (Å²) in [5.74, 6) is -0.860. The highest BCUT2D eigenvalue weighted by Gasteiger charge is 2.34. The third kappa shape index (κ3) is 2.86. The lowest BCUT2D eigenvalue weighted by Crippen LogP contribution is -2.21. The topological polar surface area (TPSA) is 52.2 Å². The quantitative estimate of drug-likeness (QED) is 0.643. The molecule has 0 unspecified atom stereocenters. The first-order valence-electron chi connectivity index (χ1n) is 5.17. The number of halogens is 3. The molecule has 0 aliphatic carbocycles. The lowest BCUT2D eigenvalue weighted by molar-refractivity contribution is 0.0988. The number of Topliss-reactive ketones (excluding diaryl/α,β-unsaturated/α-hetero) is 1. The van der Waals surface area contributed by atoms with E-state index < -0.39 is 9.58 Å². The molecule has 100 valence electrons. The molecule has 0 spiro atoms. The number of aromatic nitrogens is 1. The van der Waals surface area contributed by atoms with Gasteiger partial charge in [-0.2, -0.15) is 0 Å². The summed E-state index contributed by atoms with van der Waals surface area (Å²) in [7, 11) is 1.59. The van der Waals surface area contributed by atoms with Gasteiger partial charge in [-0.15, -0.1) is 0 Å². The molecule has 2 aromatic heterocycles. The van der Waals surface area contributed by atoms with Crippen molar-refractivity contribution in [1.82, 2.24) is 4.57 Å². The van der Waals surface area contributed by atoms with Crippen molar-refractivity contribution in [3.63, 3.8) is 0 Å². The molecular weight excluding hydrogens is 312 g/mol. The second-order valence-electron chi connectivity index (χ2n) is 3.86. The largest absolute Gasteiger partial charge is 0.461 e. The number of hydrogen-bond acceptors (Lipinski definition) is 3. The SMILES string of the molecule is Cn1cc(C(=O)c2ccco2)cc1C(=O)C(Cl)(Cl)Cl. The zero-order chi connectivity index (χ0) is 14.2. The first kappa shape index (κ1) is 14.2. The van der Waals surface area contributed by atoms with Gasteiger partial charge >= 0.3 is 0 Å². The Balaban J connectivity index is 2.37. The molecule has 0 saturated carbocycles. The van der Waals surface area contributed by atoms with Crippen molar-refractivity contribution in [2.45, 2.75) is 3.79 Å². The molecule has 0 amide bonds. The number of aryl methyl sites for hydroxylation is 1. The summed E-state index contributed by atoms with van der Waals surface area (Å²) in [5.41, 5.74) is 0.421. The van der Waals surface area contributed by atoms with Gasteiger partial charge < -0.3 is 8.98 Å². The van der Waals surface area contributed by atoms with Crippen LogP contribution in [0.4, 0.5) is 0 Å². The Kier molecular flexibility index (Phi) is 3.76. The Morgan fingerprint density at radius 3 is 2.53 bits per heavy atom. The van der Waals surface area contributed by atoms with E-state index >= 15 is 0 Å². The van der Waals surface area contributed by atoms with Crippen LogP contribution in [-0.4, -0.2) is 19.9 Å². The highest BCUT2D eigenvalue weighted by Crippen LogP contribution is 2.31. The lowest BCUT2D eigenvalue weighted by atomic mass is 10.1. The van der Waals surface area contributed by atoms with Crippen LogP contribution in [0.2, 0.25) is 0 Å². The van der Waals surface area contributed by atoms with E-state index in [1.54, 1.807) is 13.1 Å². The summed E-state index contributed by atoms with van der Waals surface area (Å²) in [4.78, 5) is 23.9. The number of furan rings is 1. The van der Waals surface area contributed by atoms with E-state index in [1.807, 2.05) is 0 Å². The van der Waals surface area contributed by atoms with Crippen LogP contribution < -0.4 is 0 Å². The van der Waals surface area contributed by atoms with Gasteiger partial charge in [0.1, 0.15) is 0 Å². The molecule has 0 fully saturated rings. The molecule has 7 heteroatoms. The minimum atomic E-state index is -2.06. The molecule has 4 nitrogen and oxygen atoms in total. The molecular formula is C12H8Cl3NO3. The van der Waals surface area contributed by atoms with Gasteiger partial charge in [-0.3, -0.25) is 9.59 Å². The summed E-state index contributed by atoms with van der Waals surface area (Å²) in [5, 5.41) is 0. The summed E-state index contributed by atoms with van der Waals surface area (Å²) in [6, 6.07) is 4.50. The molecule has 0 atom stereocenters. The average Bonchev–Trinajstić information content (AvgIpc) is 2.94. The van der Waals surface area contributed by atoms with Gasteiger partial charge in [0, 0.05) is 18.8 Å². The zero-order valence-electron chi connectivity index (χ0n) is 9.69. The highest BCUT2D eigenvalue weighted by molar-refractivity contribution is 6.77. The zero-order valence-corrected chi connectivity index (χ0v) is 12.0. The van der Waals surface area contributed by atoms with Gasteiger partial charge in [-0.1, -0.05) is 34.8 Å². The van der Waals surface area contributed by atoms with Gasteiger partial charge in [0.2, 0.25) is 11.6 Å². The standard InChI is InChI=1S/C12H8Cl3NO3/c1-16-6-7(10(17)9-3-2-4-19-9)5-8(16)11(18)12(13,14)15/h2-6H,1H3. The molecule has 19 heavy (non-hydrogen) atoms. The second-order valence-corrected chi connectivity index (χ2v) is 6.14. The monoisotopic (exact) mass is 319 g/mol. The fourth-order valence-corrected chi connectivity index (χ4v) is 1.90. The van der Waals surface area contributed by atoms with E-state index in [-0.39, 0.29) is 22.8 Å². The normalized spacial score (nSPS) is 11.6. The van der Waals surface area contributed by atoms with E-state index in [0.29, 0.717) is 0 Å². The average molecular weight is 321 g/mol. The van der Waals surface area contributed by atoms with Crippen molar-refractivity contribution in [3.05, 3.63) is 47.7 Å². The summed E-state index contributed by atoms with van der Waals surface area (Å²) >= 11 is 16.6. The minimum Gasteiger partial charge on any atom is -0.461 e.